The van der Waals surface area contributed by atoms with Gasteiger partial charge < -0.3 is 15.3 Å². The molecule has 0 spiro atoms. The van der Waals surface area contributed by atoms with Gasteiger partial charge in [0.25, 0.3) is 0 Å². The lowest BCUT2D eigenvalue weighted by molar-refractivity contribution is 0.470. The molecule has 134 valence electrons. The minimum absolute atomic E-state index is 0.0609. The van der Waals surface area contributed by atoms with E-state index in [0.29, 0.717) is 0 Å². The van der Waals surface area contributed by atoms with E-state index in [1.165, 1.54) is 0 Å². The first-order valence-electron chi connectivity index (χ1n) is 8.68. The number of hydrogen-bond acceptors (Lipinski definition) is 3. The molecule has 3 rings (SSSR count). The van der Waals surface area contributed by atoms with Crippen LogP contribution in [0.3, 0.4) is 0 Å². The van der Waals surface area contributed by atoms with E-state index in [1.807, 2.05) is 52.0 Å². The van der Waals surface area contributed by atoms with E-state index in [-0.39, 0.29) is 23.2 Å². The Bertz CT molecular complexity index is 899. The second-order valence-electron chi connectivity index (χ2n) is 6.87. The Labute approximate surface area is 154 Å². The minimum Gasteiger partial charge on any atom is -0.508 e. The predicted octanol–water partition coefficient (Wildman–Crippen LogP) is 5.22. The van der Waals surface area contributed by atoms with E-state index in [2.05, 4.69) is 0 Å². The predicted molar refractivity (Wildman–Crippen MR) is 104 cm³/mol. The Morgan fingerprint density at radius 2 is 0.962 bits per heavy atom. The summed E-state index contributed by atoms with van der Waals surface area (Å²) >= 11 is 0. The molecule has 0 aromatic heterocycles. The number of rotatable bonds is 3. The van der Waals surface area contributed by atoms with Gasteiger partial charge in [0.05, 0.1) is 0 Å². The van der Waals surface area contributed by atoms with E-state index in [9.17, 15) is 15.3 Å². The second kappa shape index (κ2) is 6.75. The summed E-state index contributed by atoms with van der Waals surface area (Å²) in [6, 6.07) is 14.6. The maximum absolute atomic E-state index is 10.1. The van der Waals surface area contributed by atoms with E-state index >= 15 is 0 Å². The van der Waals surface area contributed by atoms with Crippen LogP contribution in [0.15, 0.2) is 48.5 Å². The number of aromatic hydroxyl groups is 3. The van der Waals surface area contributed by atoms with Gasteiger partial charge in [0.2, 0.25) is 0 Å². The molecule has 3 nitrogen and oxygen atoms in total. The summed E-state index contributed by atoms with van der Waals surface area (Å²) in [5.74, 6) is 0.738. The van der Waals surface area contributed by atoms with Crippen molar-refractivity contribution in [3.63, 3.8) is 0 Å². The molecule has 3 heteroatoms. The second-order valence-corrected chi connectivity index (χ2v) is 6.87. The lowest BCUT2D eigenvalue weighted by atomic mass is 9.79. The highest BCUT2D eigenvalue weighted by Crippen LogP contribution is 2.40. The van der Waals surface area contributed by atoms with Crippen LogP contribution in [0.1, 0.15) is 44.9 Å². The summed E-state index contributed by atoms with van der Waals surface area (Å²) in [5.41, 5.74) is 7.03. The molecule has 0 aliphatic heterocycles. The van der Waals surface area contributed by atoms with Gasteiger partial charge >= 0.3 is 0 Å². The van der Waals surface area contributed by atoms with Gasteiger partial charge in [-0.3, -0.25) is 0 Å². The molecule has 0 heterocycles. The van der Waals surface area contributed by atoms with Gasteiger partial charge in [-0.15, -0.1) is 0 Å². The molecule has 0 radical (unpaired) electrons. The molecule has 0 saturated carbocycles. The average molecular weight is 348 g/mol. The molecule has 0 saturated heterocycles. The van der Waals surface area contributed by atoms with Crippen molar-refractivity contribution in [1.82, 2.24) is 0 Å². The Morgan fingerprint density at radius 1 is 0.538 bits per heavy atom. The smallest absolute Gasteiger partial charge is 0.118 e. The van der Waals surface area contributed by atoms with E-state index in [0.717, 1.165) is 38.9 Å². The van der Waals surface area contributed by atoms with Crippen molar-refractivity contribution in [3.8, 4) is 17.2 Å². The van der Waals surface area contributed by atoms with Gasteiger partial charge in [0.1, 0.15) is 17.2 Å². The van der Waals surface area contributed by atoms with Crippen LogP contribution >= 0.6 is 0 Å². The van der Waals surface area contributed by atoms with E-state index in [1.54, 1.807) is 24.3 Å². The quantitative estimate of drug-likeness (QED) is 0.569. The molecular formula is C23H24O3. The standard InChI is InChI=1S/C23H24O3/c1-13-15(3)21(25)11-9-19(13)23(17-5-7-18(24)8-6-17)20-10-12-22(26)16(4)14(20)2/h5-12,23-26H,1-4H3. The lowest BCUT2D eigenvalue weighted by Crippen LogP contribution is -2.09. The molecule has 0 atom stereocenters. The Morgan fingerprint density at radius 3 is 1.38 bits per heavy atom. The normalized spacial score (nSPS) is 11.1. The molecule has 0 aliphatic rings. The van der Waals surface area contributed by atoms with Gasteiger partial charge in [-0.1, -0.05) is 24.3 Å². The fraction of sp³-hybridized carbons (Fsp3) is 0.217. The van der Waals surface area contributed by atoms with Crippen molar-refractivity contribution in [2.45, 2.75) is 33.6 Å². The van der Waals surface area contributed by atoms with Crippen molar-refractivity contribution in [2.24, 2.45) is 0 Å². The molecule has 0 unspecified atom stereocenters. The summed E-state index contributed by atoms with van der Waals surface area (Å²) in [5, 5.41) is 29.8. The number of phenols is 3. The Hall–Kier alpha value is -2.94. The first kappa shape index (κ1) is 17.9. The molecule has 3 aromatic carbocycles. The molecule has 0 amide bonds. The number of benzene rings is 3. The van der Waals surface area contributed by atoms with Crippen LogP contribution in [-0.2, 0) is 0 Å². The molecule has 0 fully saturated rings. The maximum Gasteiger partial charge on any atom is 0.118 e. The topological polar surface area (TPSA) is 60.7 Å². The Balaban J connectivity index is 2.30. The first-order chi connectivity index (χ1) is 12.3. The number of phenolic OH excluding ortho intramolecular Hbond substituents is 3. The summed E-state index contributed by atoms with van der Waals surface area (Å²) in [7, 11) is 0. The van der Waals surface area contributed by atoms with E-state index in [4.69, 9.17) is 0 Å². The SMILES string of the molecule is Cc1c(O)ccc(C(c2ccc(O)cc2)c2ccc(O)c(C)c2C)c1C. The highest BCUT2D eigenvalue weighted by Gasteiger charge is 2.23. The van der Waals surface area contributed by atoms with Crippen LogP contribution in [-0.4, -0.2) is 15.3 Å². The molecule has 3 aromatic rings. The summed E-state index contributed by atoms with van der Waals surface area (Å²) in [4.78, 5) is 0. The summed E-state index contributed by atoms with van der Waals surface area (Å²) in [6.07, 6.45) is 0. The van der Waals surface area contributed by atoms with Crippen LogP contribution in [0.25, 0.3) is 0 Å². The van der Waals surface area contributed by atoms with Crippen molar-refractivity contribution < 1.29 is 15.3 Å². The van der Waals surface area contributed by atoms with Crippen molar-refractivity contribution in [3.05, 3.63) is 87.5 Å². The minimum atomic E-state index is -0.0609. The van der Waals surface area contributed by atoms with Gasteiger partial charge in [0, 0.05) is 5.92 Å². The molecular weight excluding hydrogens is 324 g/mol. The van der Waals surface area contributed by atoms with Crippen molar-refractivity contribution >= 4 is 0 Å². The van der Waals surface area contributed by atoms with Crippen LogP contribution in [0, 0.1) is 27.7 Å². The van der Waals surface area contributed by atoms with Gasteiger partial charge in [0.15, 0.2) is 0 Å². The number of hydrogen-bond donors (Lipinski definition) is 3. The van der Waals surface area contributed by atoms with Crippen LogP contribution in [0.5, 0.6) is 17.2 Å². The zero-order valence-electron chi connectivity index (χ0n) is 15.5. The Kier molecular flexibility index (Phi) is 4.64. The monoisotopic (exact) mass is 348 g/mol. The van der Waals surface area contributed by atoms with Gasteiger partial charge in [-0.05, 0) is 90.9 Å². The van der Waals surface area contributed by atoms with Crippen molar-refractivity contribution in [2.75, 3.05) is 0 Å². The zero-order valence-corrected chi connectivity index (χ0v) is 15.5. The first-order valence-corrected chi connectivity index (χ1v) is 8.68. The van der Waals surface area contributed by atoms with Crippen LogP contribution < -0.4 is 0 Å². The van der Waals surface area contributed by atoms with Gasteiger partial charge in [-0.25, -0.2) is 0 Å². The zero-order chi connectivity index (χ0) is 19.0. The van der Waals surface area contributed by atoms with Crippen LogP contribution in [0.2, 0.25) is 0 Å². The summed E-state index contributed by atoms with van der Waals surface area (Å²) in [6.45, 7) is 7.86. The van der Waals surface area contributed by atoms with Gasteiger partial charge in [-0.2, -0.15) is 0 Å². The molecule has 0 aliphatic carbocycles. The lowest BCUT2D eigenvalue weighted by Gasteiger charge is -2.25. The highest BCUT2D eigenvalue weighted by atomic mass is 16.3. The van der Waals surface area contributed by atoms with Crippen LogP contribution in [0.4, 0.5) is 0 Å². The molecule has 26 heavy (non-hydrogen) atoms. The van der Waals surface area contributed by atoms with Crippen molar-refractivity contribution in [1.29, 1.82) is 0 Å². The third-order valence-corrected chi connectivity index (χ3v) is 5.45. The highest BCUT2D eigenvalue weighted by molar-refractivity contribution is 5.55. The summed E-state index contributed by atoms with van der Waals surface area (Å²) < 4.78 is 0. The fourth-order valence-electron chi connectivity index (χ4n) is 3.47. The molecule has 3 N–H and O–H groups in total. The molecule has 0 bridgehead atoms. The third-order valence-electron chi connectivity index (χ3n) is 5.45. The van der Waals surface area contributed by atoms with E-state index < -0.39 is 0 Å². The largest absolute Gasteiger partial charge is 0.508 e. The average Bonchev–Trinajstić information content (AvgIpc) is 2.63. The maximum atomic E-state index is 10.1. The fourth-order valence-corrected chi connectivity index (χ4v) is 3.47. The third kappa shape index (κ3) is 3.01.